The maximum Gasteiger partial charge on any atom is 0.317 e. The molecule has 3 rings (SSSR count). The number of ether oxygens (including phenoxy) is 1. The number of nitrogens with one attached hydrogen (secondary N) is 1. The van der Waals surface area contributed by atoms with Gasteiger partial charge in [0.2, 0.25) is 5.91 Å². The molecule has 1 aromatic rings. The lowest BCUT2D eigenvalue weighted by Crippen LogP contribution is -2.44. The van der Waals surface area contributed by atoms with E-state index >= 15 is 0 Å². The quantitative estimate of drug-likeness (QED) is 0.619. The van der Waals surface area contributed by atoms with Crippen LogP contribution in [-0.4, -0.2) is 24.3 Å². The molecule has 0 fully saturated rings. The van der Waals surface area contributed by atoms with E-state index in [0.717, 1.165) is 10.0 Å². The predicted octanol–water partition coefficient (Wildman–Crippen LogP) is 3.09. The molecule has 0 saturated heterocycles. The lowest BCUT2D eigenvalue weighted by molar-refractivity contribution is -0.153. The minimum absolute atomic E-state index is 0.0988. The third-order valence-corrected chi connectivity index (χ3v) is 5.28. The first-order valence-corrected chi connectivity index (χ1v) is 9.20. The van der Waals surface area contributed by atoms with E-state index in [2.05, 4.69) is 21.2 Å². The first-order chi connectivity index (χ1) is 11.9. The number of carbonyl (C=O) groups excluding carboxylic acids is 3. The van der Waals surface area contributed by atoms with E-state index in [9.17, 15) is 14.4 Å². The Morgan fingerprint density at radius 3 is 2.76 bits per heavy atom. The van der Waals surface area contributed by atoms with Crippen LogP contribution in [0.5, 0.6) is 0 Å². The largest absolute Gasteiger partial charge is 0.465 e. The zero-order valence-electron chi connectivity index (χ0n) is 14.2. The summed E-state index contributed by atoms with van der Waals surface area (Å²) in [6.07, 6.45) is 0.686. The number of allylic oxidation sites excluding steroid dienone is 2. The van der Waals surface area contributed by atoms with Crippen LogP contribution in [0.25, 0.3) is 0 Å². The molecular weight excluding hydrogens is 386 g/mol. The minimum Gasteiger partial charge on any atom is -0.465 e. The SMILES string of the molecule is CCOC(=O)C1C(=O)C2=C(CC1C)NC(=O)CC2c1cccc(Br)c1. The van der Waals surface area contributed by atoms with E-state index in [1.165, 1.54) is 0 Å². The molecule has 3 atom stereocenters. The molecule has 0 spiro atoms. The van der Waals surface area contributed by atoms with Crippen LogP contribution in [0.3, 0.4) is 0 Å². The first-order valence-electron chi connectivity index (χ1n) is 8.41. The summed E-state index contributed by atoms with van der Waals surface area (Å²) < 4.78 is 5.99. The first kappa shape index (κ1) is 17.9. The number of hydrogen-bond donors (Lipinski definition) is 1. The van der Waals surface area contributed by atoms with Crippen molar-refractivity contribution in [3.05, 3.63) is 45.6 Å². The smallest absolute Gasteiger partial charge is 0.317 e. The molecule has 1 amide bonds. The Labute approximate surface area is 154 Å². The maximum absolute atomic E-state index is 13.1. The van der Waals surface area contributed by atoms with Gasteiger partial charge in [0.05, 0.1) is 6.61 Å². The van der Waals surface area contributed by atoms with Gasteiger partial charge in [-0.25, -0.2) is 0 Å². The van der Waals surface area contributed by atoms with Crippen molar-refractivity contribution < 1.29 is 19.1 Å². The molecule has 1 heterocycles. The lowest BCUT2D eigenvalue weighted by Gasteiger charge is -2.36. The van der Waals surface area contributed by atoms with Crippen molar-refractivity contribution in [1.82, 2.24) is 5.32 Å². The van der Waals surface area contributed by atoms with Crippen molar-refractivity contribution in [1.29, 1.82) is 0 Å². The zero-order valence-corrected chi connectivity index (χ0v) is 15.8. The number of carbonyl (C=O) groups is 3. The van der Waals surface area contributed by atoms with Gasteiger partial charge in [-0.15, -0.1) is 0 Å². The summed E-state index contributed by atoms with van der Waals surface area (Å²) in [7, 11) is 0. The van der Waals surface area contributed by atoms with Crippen molar-refractivity contribution >= 4 is 33.6 Å². The Bertz CT molecular complexity index is 770. The number of esters is 1. The third-order valence-electron chi connectivity index (χ3n) is 4.79. The van der Waals surface area contributed by atoms with E-state index in [1.54, 1.807) is 6.92 Å². The van der Waals surface area contributed by atoms with Crippen LogP contribution >= 0.6 is 15.9 Å². The average molecular weight is 406 g/mol. The topological polar surface area (TPSA) is 72.5 Å². The van der Waals surface area contributed by atoms with Gasteiger partial charge >= 0.3 is 5.97 Å². The predicted molar refractivity (Wildman–Crippen MR) is 95.6 cm³/mol. The van der Waals surface area contributed by atoms with E-state index in [-0.39, 0.29) is 36.6 Å². The second-order valence-corrected chi connectivity index (χ2v) is 7.44. The minimum atomic E-state index is -0.802. The van der Waals surface area contributed by atoms with Crippen LogP contribution in [0, 0.1) is 11.8 Å². The van der Waals surface area contributed by atoms with E-state index in [0.29, 0.717) is 17.7 Å². The normalized spacial score (nSPS) is 26.1. The second-order valence-electron chi connectivity index (χ2n) is 6.53. The van der Waals surface area contributed by atoms with Crippen LogP contribution in [-0.2, 0) is 19.1 Å². The fourth-order valence-corrected chi connectivity index (χ4v) is 4.13. The van der Waals surface area contributed by atoms with Gasteiger partial charge in [-0.3, -0.25) is 14.4 Å². The molecule has 0 radical (unpaired) electrons. The average Bonchev–Trinajstić information content (AvgIpc) is 2.53. The van der Waals surface area contributed by atoms with Gasteiger partial charge < -0.3 is 10.1 Å². The summed E-state index contributed by atoms with van der Waals surface area (Å²) >= 11 is 3.44. The van der Waals surface area contributed by atoms with Gasteiger partial charge in [0.1, 0.15) is 5.92 Å². The molecule has 1 aliphatic heterocycles. The van der Waals surface area contributed by atoms with E-state index < -0.39 is 11.9 Å². The van der Waals surface area contributed by atoms with E-state index in [1.807, 2.05) is 31.2 Å². The number of hydrogen-bond acceptors (Lipinski definition) is 4. The Hall–Kier alpha value is -1.95. The van der Waals surface area contributed by atoms with Gasteiger partial charge in [0, 0.05) is 28.1 Å². The van der Waals surface area contributed by atoms with Crippen molar-refractivity contribution in [2.75, 3.05) is 6.61 Å². The summed E-state index contributed by atoms with van der Waals surface area (Å²) in [4.78, 5) is 37.6. The fraction of sp³-hybridized carbons (Fsp3) is 0.421. The summed E-state index contributed by atoms with van der Waals surface area (Å²) in [6.45, 7) is 3.82. The molecule has 5 nitrogen and oxygen atoms in total. The molecule has 25 heavy (non-hydrogen) atoms. The molecule has 0 bridgehead atoms. The van der Waals surface area contributed by atoms with Crippen LogP contribution in [0.15, 0.2) is 40.0 Å². The fourth-order valence-electron chi connectivity index (χ4n) is 3.71. The number of Topliss-reactive ketones (excluding diaryl/α,β-unsaturated/α-hetero) is 1. The van der Waals surface area contributed by atoms with Crippen LogP contribution in [0.2, 0.25) is 0 Å². The van der Waals surface area contributed by atoms with Crippen LogP contribution in [0.1, 0.15) is 38.2 Å². The third kappa shape index (κ3) is 3.40. The molecule has 1 aromatic carbocycles. The number of benzene rings is 1. The van der Waals surface area contributed by atoms with E-state index in [4.69, 9.17) is 4.74 Å². The highest BCUT2D eigenvalue weighted by Gasteiger charge is 2.45. The Morgan fingerprint density at radius 1 is 1.32 bits per heavy atom. The van der Waals surface area contributed by atoms with Crippen LogP contribution < -0.4 is 5.32 Å². The molecule has 6 heteroatoms. The molecule has 0 aromatic heterocycles. The monoisotopic (exact) mass is 405 g/mol. The highest BCUT2D eigenvalue weighted by atomic mass is 79.9. The lowest BCUT2D eigenvalue weighted by atomic mass is 9.70. The Morgan fingerprint density at radius 2 is 2.08 bits per heavy atom. The second kappa shape index (κ2) is 7.12. The summed E-state index contributed by atoms with van der Waals surface area (Å²) in [5, 5.41) is 2.84. The van der Waals surface area contributed by atoms with Gasteiger partial charge in [-0.1, -0.05) is 35.0 Å². The molecule has 1 aliphatic carbocycles. The standard InChI is InChI=1S/C19H20BrNO4/c1-3-25-19(24)16-10(2)7-14-17(18(16)23)13(9-15(22)21-14)11-5-4-6-12(20)8-11/h4-6,8,10,13,16H,3,7,9H2,1-2H3,(H,21,22). The molecular formula is C19H20BrNO4. The van der Waals surface area contributed by atoms with Crippen molar-refractivity contribution in [3.8, 4) is 0 Å². The summed E-state index contributed by atoms with van der Waals surface area (Å²) in [5.41, 5.74) is 2.09. The summed E-state index contributed by atoms with van der Waals surface area (Å²) in [6, 6.07) is 7.60. The highest BCUT2D eigenvalue weighted by molar-refractivity contribution is 9.10. The van der Waals surface area contributed by atoms with Crippen LogP contribution in [0.4, 0.5) is 0 Å². The zero-order chi connectivity index (χ0) is 18.1. The van der Waals surface area contributed by atoms with Crippen molar-refractivity contribution in [2.24, 2.45) is 11.8 Å². The maximum atomic E-state index is 13.1. The Kier molecular flexibility index (Phi) is 5.08. The number of amides is 1. The summed E-state index contributed by atoms with van der Waals surface area (Å²) in [5.74, 6) is -2.14. The molecule has 132 valence electrons. The van der Waals surface area contributed by atoms with Gasteiger partial charge in [0.25, 0.3) is 0 Å². The molecule has 2 aliphatic rings. The Balaban J connectivity index is 2.04. The molecule has 1 N–H and O–H groups in total. The molecule has 0 saturated carbocycles. The van der Waals surface area contributed by atoms with Crippen molar-refractivity contribution in [2.45, 2.75) is 32.6 Å². The van der Waals surface area contributed by atoms with Gasteiger partial charge in [-0.2, -0.15) is 0 Å². The van der Waals surface area contributed by atoms with Gasteiger partial charge in [-0.05, 0) is 37.0 Å². The highest BCUT2D eigenvalue weighted by Crippen LogP contribution is 2.42. The molecule has 3 unspecified atom stereocenters. The number of rotatable bonds is 3. The van der Waals surface area contributed by atoms with Crippen molar-refractivity contribution in [3.63, 3.8) is 0 Å². The number of halogens is 1. The number of ketones is 1. The van der Waals surface area contributed by atoms with Gasteiger partial charge in [0.15, 0.2) is 5.78 Å².